The second kappa shape index (κ2) is 7.46. The number of benzene rings is 2. The fourth-order valence-corrected chi connectivity index (χ4v) is 2.40. The molecule has 2 rings (SSSR count). The van der Waals surface area contributed by atoms with Gasteiger partial charge in [0, 0.05) is 11.6 Å². The number of amides is 1. The lowest BCUT2D eigenvalue weighted by Gasteiger charge is -2.14. The van der Waals surface area contributed by atoms with E-state index >= 15 is 0 Å². The second-order valence-corrected chi connectivity index (χ2v) is 5.75. The maximum Gasteiger partial charge on any atom is 0.416 e. The van der Waals surface area contributed by atoms with Gasteiger partial charge >= 0.3 is 6.18 Å². The fourth-order valence-electron chi connectivity index (χ4n) is 2.40. The molecular weight excluding hydrogens is 333 g/mol. The van der Waals surface area contributed by atoms with Gasteiger partial charge in [0.15, 0.2) is 0 Å². The Bertz CT molecular complexity index is 760. The summed E-state index contributed by atoms with van der Waals surface area (Å²) in [6.07, 6.45) is -4.20. The van der Waals surface area contributed by atoms with E-state index in [1.165, 1.54) is 13.2 Å². The molecule has 3 N–H and O–H groups in total. The molecule has 4 nitrogen and oxygen atoms in total. The summed E-state index contributed by atoms with van der Waals surface area (Å²) in [6, 6.07) is 9.82. The van der Waals surface area contributed by atoms with E-state index in [9.17, 15) is 18.0 Å². The number of nitrogens with two attached hydrogens (primary N) is 1. The van der Waals surface area contributed by atoms with Crippen LogP contribution < -0.4 is 15.8 Å². The summed E-state index contributed by atoms with van der Waals surface area (Å²) in [5, 5.41) is 2.70. The maximum absolute atomic E-state index is 12.7. The molecule has 0 fully saturated rings. The van der Waals surface area contributed by atoms with Crippen LogP contribution in [0, 0.1) is 5.92 Å². The van der Waals surface area contributed by atoms with Crippen molar-refractivity contribution >= 4 is 17.3 Å². The molecule has 134 valence electrons. The molecule has 0 spiro atoms. The number of methoxy groups -OCH3 is 1. The summed E-state index contributed by atoms with van der Waals surface area (Å²) in [4.78, 5) is 12.3. The highest BCUT2D eigenvalue weighted by Gasteiger charge is 2.30. The van der Waals surface area contributed by atoms with Gasteiger partial charge in [0.2, 0.25) is 5.91 Å². The minimum atomic E-state index is -4.40. The largest absolute Gasteiger partial charge is 0.495 e. The van der Waals surface area contributed by atoms with Crippen molar-refractivity contribution in [1.82, 2.24) is 0 Å². The molecule has 1 atom stereocenters. The number of ether oxygens (including phenoxy) is 1. The number of nitrogen functional groups attached to an aromatic ring is 1. The molecule has 0 aliphatic carbocycles. The number of hydrogen-bond donors (Lipinski definition) is 2. The zero-order valence-electron chi connectivity index (χ0n) is 13.9. The lowest BCUT2D eigenvalue weighted by Crippen LogP contribution is -2.22. The Morgan fingerprint density at radius 3 is 2.56 bits per heavy atom. The molecule has 2 aromatic carbocycles. The van der Waals surface area contributed by atoms with Gasteiger partial charge < -0.3 is 15.8 Å². The van der Waals surface area contributed by atoms with Crippen molar-refractivity contribution in [2.45, 2.75) is 19.5 Å². The maximum atomic E-state index is 12.7. The van der Waals surface area contributed by atoms with Gasteiger partial charge in [-0.15, -0.1) is 0 Å². The third-order valence-electron chi connectivity index (χ3n) is 3.74. The molecular formula is C18H19F3N2O2. The number of rotatable bonds is 5. The third kappa shape index (κ3) is 4.89. The summed E-state index contributed by atoms with van der Waals surface area (Å²) >= 11 is 0. The molecule has 1 amide bonds. The van der Waals surface area contributed by atoms with Crippen LogP contribution >= 0.6 is 0 Å². The van der Waals surface area contributed by atoms with Gasteiger partial charge in [-0.2, -0.15) is 13.2 Å². The van der Waals surface area contributed by atoms with Crippen LogP contribution in [0.1, 0.15) is 18.1 Å². The zero-order valence-corrected chi connectivity index (χ0v) is 13.9. The summed E-state index contributed by atoms with van der Waals surface area (Å²) in [7, 11) is 1.49. The Morgan fingerprint density at radius 1 is 1.24 bits per heavy atom. The molecule has 0 aromatic heterocycles. The molecule has 0 saturated carbocycles. The minimum Gasteiger partial charge on any atom is -0.495 e. The molecule has 0 aliphatic rings. The number of carbonyl (C=O) groups is 1. The van der Waals surface area contributed by atoms with Crippen molar-refractivity contribution in [3.63, 3.8) is 0 Å². The van der Waals surface area contributed by atoms with Gasteiger partial charge in [0.25, 0.3) is 0 Å². The average molecular weight is 352 g/mol. The lowest BCUT2D eigenvalue weighted by atomic mass is 9.98. The Morgan fingerprint density at radius 2 is 1.96 bits per heavy atom. The van der Waals surface area contributed by atoms with Crippen LogP contribution in [0.25, 0.3) is 0 Å². The summed E-state index contributed by atoms with van der Waals surface area (Å²) in [6.45, 7) is 1.66. The number of halogens is 3. The number of nitrogens with one attached hydrogen (secondary N) is 1. The second-order valence-electron chi connectivity index (χ2n) is 5.75. The van der Waals surface area contributed by atoms with Crippen molar-refractivity contribution in [2.75, 3.05) is 18.2 Å². The lowest BCUT2D eigenvalue weighted by molar-refractivity contribution is -0.137. The highest BCUT2D eigenvalue weighted by molar-refractivity contribution is 5.93. The van der Waals surface area contributed by atoms with Crippen molar-refractivity contribution < 1.29 is 22.7 Å². The smallest absolute Gasteiger partial charge is 0.416 e. The van der Waals surface area contributed by atoms with Gasteiger partial charge in [-0.3, -0.25) is 4.79 Å². The Hall–Kier alpha value is -2.70. The first-order valence-corrected chi connectivity index (χ1v) is 7.61. The van der Waals surface area contributed by atoms with Crippen LogP contribution in [-0.2, 0) is 17.4 Å². The molecule has 1 unspecified atom stereocenters. The number of alkyl halides is 3. The Kier molecular flexibility index (Phi) is 5.56. The van der Waals surface area contributed by atoms with Crippen LogP contribution in [-0.4, -0.2) is 13.0 Å². The van der Waals surface area contributed by atoms with Crippen LogP contribution in [0.15, 0.2) is 42.5 Å². The zero-order chi connectivity index (χ0) is 18.6. The molecule has 0 bridgehead atoms. The van der Waals surface area contributed by atoms with Gasteiger partial charge in [-0.05, 0) is 36.2 Å². The van der Waals surface area contributed by atoms with E-state index in [-0.39, 0.29) is 12.3 Å². The molecule has 25 heavy (non-hydrogen) atoms. The summed E-state index contributed by atoms with van der Waals surface area (Å²) < 4.78 is 43.3. The fraction of sp³-hybridized carbons (Fsp3) is 0.278. The molecule has 0 radical (unpaired) electrons. The van der Waals surface area contributed by atoms with E-state index < -0.39 is 17.7 Å². The van der Waals surface area contributed by atoms with Crippen molar-refractivity contribution in [3.05, 3.63) is 53.6 Å². The van der Waals surface area contributed by atoms with Gasteiger partial charge in [0.1, 0.15) is 5.75 Å². The third-order valence-corrected chi connectivity index (χ3v) is 3.74. The van der Waals surface area contributed by atoms with Gasteiger partial charge in [0.05, 0.1) is 18.4 Å². The van der Waals surface area contributed by atoms with Crippen LogP contribution in [0.5, 0.6) is 5.75 Å². The van der Waals surface area contributed by atoms with E-state index in [1.807, 2.05) is 0 Å². The van der Waals surface area contributed by atoms with Crippen molar-refractivity contribution in [2.24, 2.45) is 5.92 Å². The van der Waals surface area contributed by atoms with E-state index in [0.29, 0.717) is 22.7 Å². The topological polar surface area (TPSA) is 64.3 Å². The van der Waals surface area contributed by atoms with Crippen molar-refractivity contribution in [3.8, 4) is 5.75 Å². The van der Waals surface area contributed by atoms with E-state index in [2.05, 4.69) is 5.32 Å². The standard InChI is InChI=1S/C18H19F3N2O2/c1-11(8-12-4-3-5-13(9-12)18(19,20)21)17(24)23-14-6-7-16(25-2)15(22)10-14/h3-7,9-11H,8,22H2,1-2H3,(H,23,24). The summed E-state index contributed by atoms with van der Waals surface area (Å²) in [5.41, 5.74) is 6.39. The molecule has 0 heterocycles. The quantitative estimate of drug-likeness (QED) is 0.796. The first kappa shape index (κ1) is 18.6. The van der Waals surface area contributed by atoms with Gasteiger partial charge in [-0.1, -0.05) is 25.1 Å². The Labute approximate surface area is 143 Å². The number of carbonyl (C=O) groups excluding carboxylic acids is 1. The normalized spacial score (nSPS) is 12.5. The van der Waals surface area contributed by atoms with Crippen LogP contribution in [0.3, 0.4) is 0 Å². The van der Waals surface area contributed by atoms with Crippen molar-refractivity contribution in [1.29, 1.82) is 0 Å². The summed E-state index contributed by atoms with van der Waals surface area (Å²) in [5.74, 6) is -0.316. The van der Waals surface area contributed by atoms with Crippen LogP contribution in [0.2, 0.25) is 0 Å². The predicted molar refractivity (Wildman–Crippen MR) is 90.3 cm³/mol. The Balaban J connectivity index is 2.04. The van der Waals surface area contributed by atoms with E-state index in [0.717, 1.165) is 12.1 Å². The van der Waals surface area contributed by atoms with Crippen LogP contribution in [0.4, 0.5) is 24.5 Å². The highest BCUT2D eigenvalue weighted by Crippen LogP contribution is 2.30. The SMILES string of the molecule is COc1ccc(NC(=O)C(C)Cc2cccc(C(F)(F)F)c2)cc1N. The molecule has 7 heteroatoms. The van der Waals surface area contributed by atoms with E-state index in [4.69, 9.17) is 10.5 Å². The van der Waals surface area contributed by atoms with Gasteiger partial charge in [-0.25, -0.2) is 0 Å². The molecule has 2 aromatic rings. The molecule has 0 saturated heterocycles. The number of hydrogen-bond acceptors (Lipinski definition) is 3. The number of anilines is 2. The first-order chi connectivity index (χ1) is 11.7. The first-order valence-electron chi connectivity index (χ1n) is 7.61. The predicted octanol–water partition coefficient (Wildman–Crippen LogP) is 4.11. The highest BCUT2D eigenvalue weighted by atomic mass is 19.4. The van der Waals surface area contributed by atoms with E-state index in [1.54, 1.807) is 31.2 Å². The minimum absolute atomic E-state index is 0.196. The average Bonchev–Trinajstić information content (AvgIpc) is 2.54. The monoisotopic (exact) mass is 352 g/mol. The molecule has 0 aliphatic heterocycles.